The molecular weight excluding hydrogens is 955 g/mol. The van der Waals surface area contributed by atoms with Crippen molar-refractivity contribution < 1.29 is 0 Å². The Morgan fingerprint density at radius 3 is 1.14 bits per heavy atom. The molecule has 0 saturated carbocycles. The number of aromatic nitrogens is 2. The summed E-state index contributed by atoms with van der Waals surface area (Å²) in [5, 5.41) is 3.62. The van der Waals surface area contributed by atoms with Crippen LogP contribution >= 0.6 is 0 Å². The molecule has 14 aromatic rings. The topological polar surface area (TPSA) is 13.1 Å². The van der Waals surface area contributed by atoms with Crippen molar-refractivity contribution in [2.75, 3.05) is 4.90 Å². The van der Waals surface area contributed by atoms with Crippen molar-refractivity contribution >= 4 is 49.8 Å². The van der Waals surface area contributed by atoms with Gasteiger partial charge >= 0.3 is 0 Å². The summed E-state index contributed by atoms with van der Waals surface area (Å²) in [6.07, 6.45) is 2.23. The normalized spacial score (nSPS) is 13.5. The Morgan fingerprint density at radius 2 is 0.646 bits per heavy atom. The van der Waals surface area contributed by atoms with Crippen LogP contribution in [0.3, 0.4) is 0 Å². The van der Waals surface area contributed by atoms with Crippen molar-refractivity contribution in [2.45, 2.75) is 10.8 Å². The van der Waals surface area contributed by atoms with Gasteiger partial charge in [-0.2, -0.15) is 0 Å². The highest BCUT2D eigenvalue weighted by molar-refractivity contribution is 6.22. The van der Waals surface area contributed by atoms with Crippen molar-refractivity contribution in [1.82, 2.24) is 9.13 Å². The van der Waals surface area contributed by atoms with E-state index < -0.39 is 10.8 Å². The van der Waals surface area contributed by atoms with Crippen LogP contribution in [0.1, 0.15) is 44.5 Å². The minimum atomic E-state index is -0.587. The first-order valence-electron chi connectivity index (χ1n) is 27.4. The van der Waals surface area contributed by atoms with E-state index in [0.717, 1.165) is 34.0 Å². The van der Waals surface area contributed by atoms with Crippen molar-refractivity contribution in [3.8, 4) is 33.6 Å². The van der Waals surface area contributed by atoms with E-state index in [-0.39, 0.29) is 0 Å². The van der Waals surface area contributed by atoms with E-state index >= 15 is 0 Å². The van der Waals surface area contributed by atoms with Crippen molar-refractivity contribution in [2.24, 2.45) is 0 Å². The summed E-state index contributed by atoms with van der Waals surface area (Å²) in [4.78, 5) is 2.54. The minimum Gasteiger partial charge on any atom is -0.317 e. The highest BCUT2D eigenvalue weighted by Crippen LogP contribution is 2.60. The quantitative estimate of drug-likeness (QED) is 0.140. The molecule has 3 heteroatoms. The molecule has 0 aliphatic heterocycles. The van der Waals surface area contributed by atoms with E-state index in [9.17, 15) is 0 Å². The lowest BCUT2D eigenvalue weighted by molar-refractivity contribution is 0.767. The standard InChI is InChI=1S/C76H51N3/c1-7-23-52(24-8-1)75(53-25-9-2-10-26-53)67-37-21-19-35-61(67)63-42-39-59(50-69(63)75)78(60-40-43-64-62-36-20-22-38-68(62)76(70(64)51-60,54-27-11-3-12-28-54)55-29-13-4-14-30-55)58-41-44-72-66(49-58)74-65-47-48-77(56-31-15-5-16-32-56)71(65)45-46-73(74)79(72)57-33-17-6-18-34-57/h1-51H. The van der Waals surface area contributed by atoms with Gasteiger partial charge in [0.05, 0.1) is 27.4 Å². The molecule has 0 unspecified atom stereocenters. The predicted octanol–water partition coefficient (Wildman–Crippen LogP) is 18.9. The first-order chi connectivity index (χ1) is 39.2. The Hall–Kier alpha value is -10.2. The number of hydrogen-bond donors (Lipinski definition) is 0. The van der Waals surface area contributed by atoms with Gasteiger partial charge in [0.25, 0.3) is 0 Å². The van der Waals surface area contributed by atoms with Crippen LogP contribution in [-0.4, -0.2) is 9.13 Å². The zero-order valence-corrected chi connectivity index (χ0v) is 43.3. The Bertz CT molecular complexity index is 4370. The molecule has 0 amide bonds. The Kier molecular flexibility index (Phi) is 10.1. The van der Waals surface area contributed by atoms with Crippen molar-refractivity contribution in [3.63, 3.8) is 0 Å². The summed E-state index contributed by atoms with van der Waals surface area (Å²) in [5.74, 6) is 0. The second-order valence-corrected chi connectivity index (χ2v) is 21.1. The van der Waals surface area contributed by atoms with Crippen LogP contribution in [0, 0.1) is 0 Å². The number of rotatable bonds is 9. The van der Waals surface area contributed by atoms with Gasteiger partial charge in [-0.3, -0.25) is 0 Å². The molecule has 2 aromatic heterocycles. The first-order valence-corrected chi connectivity index (χ1v) is 27.4. The van der Waals surface area contributed by atoms with Gasteiger partial charge in [-0.05, 0) is 152 Å². The summed E-state index contributed by atoms with van der Waals surface area (Å²) >= 11 is 0. The maximum absolute atomic E-state index is 2.54. The molecule has 2 aliphatic carbocycles. The maximum atomic E-state index is 2.54. The van der Waals surface area contributed by atoms with Crippen molar-refractivity contribution in [1.29, 1.82) is 0 Å². The lowest BCUT2D eigenvalue weighted by atomic mass is 9.67. The fourth-order valence-corrected chi connectivity index (χ4v) is 14.1. The largest absolute Gasteiger partial charge is 0.317 e. The van der Waals surface area contributed by atoms with Gasteiger partial charge in [-0.1, -0.05) is 218 Å². The number of para-hydroxylation sites is 2. The molecule has 16 rings (SSSR count). The van der Waals surface area contributed by atoms with Crippen LogP contribution in [0.4, 0.5) is 17.1 Å². The fourth-order valence-electron chi connectivity index (χ4n) is 14.1. The number of anilines is 3. The average Bonchev–Trinajstić information content (AvgIpc) is 3.90. The molecular formula is C76H51N3. The summed E-state index contributed by atoms with van der Waals surface area (Å²) in [6.45, 7) is 0. The lowest BCUT2D eigenvalue weighted by Gasteiger charge is -2.36. The molecule has 79 heavy (non-hydrogen) atoms. The van der Waals surface area contributed by atoms with Gasteiger partial charge in [-0.15, -0.1) is 0 Å². The molecule has 2 aliphatic rings. The number of hydrogen-bond acceptors (Lipinski definition) is 1. The minimum absolute atomic E-state index is 0.587. The summed E-state index contributed by atoms with van der Waals surface area (Å²) in [5.41, 5.74) is 22.9. The van der Waals surface area contributed by atoms with Gasteiger partial charge in [0, 0.05) is 50.8 Å². The van der Waals surface area contributed by atoms with Crippen LogP contribution in [-0.2, 0) is 10.8 Å². The summed E-state index contributed by atoms with van der Waals surface area (Å²) in [6, 6.07) is 113. The van der Waals surface area contributed by atoms with E-state index in [1.807, 2.05) is 0 Å². The van der Waals surface area contributed by atoms with Gasteiger partial charge in [0.2, 0.25) is 0 Å². The second kappa shape index (κ2) is 17.7. The summed E-state index contributed by atoms with van der Waals surface area (Å²) < 4.78 is 4.76. The molecule has 0 spiro atoms. The van der Waals surface area contributed by atoms with Crippen LogP contribution in [0.5, 0.6) is 0 Å². The monoisotopic (exact) mass is 1010 g/mol. The molecule has 2 heterocycles. The van der Waals surface area contributed by atoms with Gasteiger partial charge in [0.1, 0.15) is 0 Å². The Morgan fingerprint density at radius 1 is 0.266 bits per heavy atom. The first kappa shape index (κ1) is 45.0. The number of fused-ring (bicyclic) bond motifs is 11. The van der Waals surface area contributed by atoms with Crippen molar-refractivity contribution in [3.05, 3.63) is 354 Å². The van der Waals surface area contributed by atoms with E-state index in [4.69, 9.17) is 0 Å². The van der Waals surface area contributed by atoms with Gasteiger partial charge in [-0.25, -0.2) is 0 Å². The molecule has 0 bridgehead atoms. The average molecular weight is 1010 g/mol. The smallest absolute Gasteiger partial charge is 0.0714 e. The Balaban J connectivity index is 1.01. The second-order valence-electron chi connectivity index (χ2n) is 21.1. The molecule has 0 atom stereocenters. The highest BCUT2D eigenvalue weighted by Gasteiger charge is 2.48. The van der Waals surface area contributed by atoms with Gasteiger partial charge < -0.3 is 14.0 Å². The molecule has 0 saturated heterocycles. The molecule has 0 radical (unpaired) electrons. The lowest BCUT2D eigenvalue weighted by Crippen LogP contribution is -2.29. The van der Waals surface area contributed by atoms with E-state index in [2.05, 4.69) is 324 Å². The molecule has 0 N–H and O–H groups in total. The maximum Gasteiger partial charge on any atom is 0.0714 e. The summed E-state index contributed by atoms with van der Waals surface area (Å²) in [7, 11) is 0. The predicted molar refractivity (Wildman–Crippen MR) is 327 cm³/mol. The van der Waals surface area contributed by atoms with E-state index in [0.29, 0.717) is 0 Å². The van der Waals surface area contributed by atoms with E-state index in [1.165, 1.54) is 94.0 Å². The third-order valence-corrected chi connectivity index (χ3v) is 17.3. The SMILES string of the molecule is c1ccc(-n2ccc3c4c5cc(N(c6ccc7c(c6)C(c6ccccc6)(c6ccccc6)c6ccccc6-7)c6ccc7c(c6)C(c6ccccc6)(c6ccccc6)c6ccccc6-7)ccc5n(-c5ccccc5)c4ccc32)cc1. The van der Waals surface area contributed by atoms with Gasteiger partial charge in [0.15, 0.2) is 0 Å². The molecule has 3 nitrogen and oxygen atoms in total. The van der Waals surface area contributed by atoms with Crippen LogP contribution < -0.4 is 4.90 Å². The van der Waals surface area contributed by atoms with Crippen LogP contribution in [0.2, 0.25) is 0 Å². The fraction of sp³-hybridized carbons (Fsp3) is 0.0263. The number of nitrogens with zero attached hydrogens (tertiary/aromatic N) is 3. The zero-order chi connectivity index (χ0) is 52.1. The highest BCUT2D eigenvalue weighted by atomic mass is 15.1. The molecule has 12 aromatic carbocycles. The van der Waals surface area contributed by atoms with E-state index in [1.54, 1.807) is 0 Å². The van der Waals surface area contributed by atoms with Crippen LogP contribution in [0.15, 0.2) is 310 Å². The van der Waals surface area contributed by atoms with Crippen LogP contribution in [0.25, 0.3) is 66.3 Å². The molecule has 0 fully saturated rings. The number of benzene rings is 12. The third-order valence-electron chi connectivity index (χ3n) is 17.3. The molecule has 370 valence electrons. The zero-order valence-electron chi connectivity index (χ0n) is 43.3. The Labute approximate surface area is 459 Å². The third kappa shape index (κ3) is 6.48.